The van der Waals surface area contributed by atoms with Crippen LogP contribution in [0.15, 0.2) is 30.3 Å². The quantitative estimate of drug-likeness (QED) is 0.501. The molecule has 0 aliphatic rings. The van der Waals surface area contributed by atoms with E-state index in [-0.39, 0.29) is 19.1 Å². The van der Waals surface area contributed by atoms with Crippen molar-refractivity contribution in [3.05, 3.63) is 35.9 Å². The van der Waals surface area contributed by atoms with Crippen LogP contribution in [0, 0.1) is 5.92 Å². The zero-order valence-electron chi connectivity index (χ0n) is 15.3. The maximum atomic E-state index is 12.0. The van der Waals surface area contributed by atoms with E-state index >= 15 is 0 Å². The first-order valence-electron chi connectivity index (χ1n) is 8.25. The molecule has 0 heterocycles. The highest BCUT2D eigenvalue weighted by Crippen LogP contribution is 2.16. The summed E-state index contributed by atoms with van der Waals surface area (Å²) in [5.74, 6) is -1.84. The maximum absolute atomic E-state index is 12.0. The Bertz CT molecular complexity index is 591. The average molecular weight is 366 g/mol. The standard InChI is InChI=1S/C18H26N2O6/c1-12(19)9-14(16(21)24-2)10-15(17(22)25-3)20-18(23)26-11-13-7-5-4-6-8-13/h4-8,12,14-15H,9-11,19H2,1-3H3,(H,20,23)/t12-,14+,15+/m1/s1. The van der Waals surface area contributed by atoms with Crippen LogP contribution in [-0.4, -0.2) is 44.3 Å². The summed E-state index contributed by atoms with van der Waals surface area (Å²) in [5, 5.41) is 2.44. The molecule has 3 atom stereocenters. The minimum Gasteiger partial charge on any atom is -0.469 e. The second-order valence-corrected chi connectivity index (χ2v) is 5.95. The molecular formula is C18H26N2O6. The lowest BCUT2D eigenvalue weighted by Gasteiger charge is -2.22. The Balaban J connectivity index is 2.70. The summed E-state index contributed by atoms with van der Waals surface area (Å²) < 4.78 is 14.6. The van der Waals surface area contributed by atoms with Crippen LogP contribution in [0.3, 0.4) is 0 Å². The summed E-state index contributed by atoms with van der Waals surface area (Å²) >= 11 is 0. The van der Waals surface area contributed by atoms with Crippen molar-refractivity contribution in [2.75, 3.05) is 14.2 Å². The molecule has 1 aromatic rings. The second-order valence-electron chi connectivity index (χ2n) is 5.95. The van der Waals surface area contributed by atoms with Gasteiger partial charge in [0.1, 0.15) is 12.6 Å². The molecule has 8 heteroatoms. The molecule has 0 aromatic heterocycles. The third-order valence-electron chi connectivity index (χ3n) is 3.70. The van der Waals surface area contributed by atoms with Gasteiger partial charge in [-0.2, -0.15) is 0 Å². The number of nitrogens with one attached hydrogen (secondary N) is 1. The highest BCUT2D eigenvalue weighted by Gasteiger charge is 2.30. The molecule has 0 aliphatic carbocycles. The van der Waals surface area contributed by atoms with Crippen LogP contribution in [0.4, 0.5) is 4.79 Å². The number of nitrogens with two attached hydrogens (primary N) is 1. The number of carbonyl (C=O) groups is 3. The van der Waals surface area contributed by atoms with Gasteiger partial charge in [-0.3, -0.25) is 4.79 Å². The number of methoxy groups -OCH3 is 2. The second kappa shape index (κ2) is 11.1. The van der Waals surface area contributed by atoms with Crippen LogP contribution in [0.25, 0.3) is 0 Å². The van der Waals surface area contributed by atoms with Crippen LogP contribution in [-0.2, 0) is 30.4 Å². The van der Waals surface area contributed by atoms with Gasteiger partial charge in [-0.05, 0) is 25.3 Å². The van der Waals surface area contributed by atoms with Gasteiger partial charge >= 0.3 is 18.0 Å². The van der Waals surface area contributed by atoms with Crippen molar-refractivity contribution >= 4 is 18.0 Å². The first-order chi connectivity index (χ1) is 12.4. The average Bonchev–Trinajstić information content (AvgIpc) is 2.64. The van der Waals surface area contributed by atoms with Crippen LogP contribution in [0.5, 0.6) is 0 Å². The Hall–Kier alpha value is -2.61. The predicted octanol–water partition coefficient (Wildman–Crippen LogP) is 1.37. The first kappa shape index (κ1) is 21.4. The Morgan fingerprint density at radius 3 is 2.19 bits per heavy atom. The Labute approximate surface area is 153 Å². The Kier molecular flexibility index (Phi) is 9.14. The van der Waals surface area contributed by atoms with Crippen molar-refractivity contribution in [1.82, 2.24) is 5.32 Å². The highest BCUT2D eigenvalue weighted by atomic mass is 16.6. The van der Waals surface area contributed by atoms with Crippen molar-refractivity contribution in [3.8, 4) is 0 Å². The van der Waals surface area contributed by atoms with E-state index in [1.807, 2.05) is 18.2 Å². The SMILES string of the molecule is COC(=O)[C@H](C[C@H](NC(=O)OCc1ccccc1)C(=O)OC)C[C@@H](C)N. The van der Waals surface area contributed by atoms with E-state index in [2.05, 4.69) is 5.32 Å². The van der Waals surface area contributed by atoms with E-state index in [0.717, 1.165) is 5.56 Å². The zero-order valence-corrected chi connectivity index (χ0v) is 15.3. The summed E-state index contributed by atoms with van der Waals surface area (Å²) in [6, 6.07) is 7.78. The van der Waals surface area contributed by atoms with Gasteiger partial charge in [0.15, 0.2) is 0 Å². The maximum Gasteiger partial charge on any atom is 0.408 e. The van der Waals surface area contributed by atoms with E-state index in [9.17, 15) is 14.4 Å². The molecule has 144 valence electrons. The van der Waals surface area contributed by atoms with Gasteiger partial charge in [0.25, 0.3) is 0 Å². The van der Waals surface area contributed by atoms with Gasteiger partial charge < -0.3 is 25.3 Å². The lowest BCUT2D eigenvalue weighted by atomic mass is 9.93. The molecule has 0 fully saturated rings. The lowest BCUT2D eigenvalue weighted by Crippen LogP contribution is -2.44. The number of alkyl carbamates (subject to hydrolysis) is 1. The van der Waals surface area contributed by atoms with E-state index in [4.69, 9.17) is 19.9 Å². The lowest BCUT2D eigenvalue weighted by molar-refractivity contribution is -0.148. The summed E-state index contributed by atoms with van der Waals surface area (Å²) in [5.41, 5.74) is 6.55. The molecule has 3 N–H and O–H groups in total. The number of carbonyl (C=O) groups excluding carboxylic acids is 3. The predicted molar refractivity (Wildman–Crippen MR) is 94.0 cm³/mol. The molecule has 0 bridgehead atoms. The summed E-state index contributed by atoms with van der Waals surface area (Å²) in [6.45, 7) is 1.80. The van der Waals surface area contributed by atoms with Gasteiger partial charge in [-0.1, -0.05) is 30.3 Å². The zero-order chi connectivity index (χ0) is 19.5. The Morgan fingerprint density at radius 2 is 1.65 bits per heavy atom. The third-order valence-corrected chi connectivity index (χ3v) is 3.70. The van der Waals surface area contributed by atoms with Gasteiger partial charge in [0.05, 0.1) is 20.1 Å². The van der Waals surface area contributed by atoms with Crippen LogP contribution >= 0.6 is 0 Å². The number of benzene rings is 1. The number of ether oxygens (including phenoxy) is 3. The van der Waals surface area contributed by atoms with E-state index < -0.39 is 30.0 Å². The molecule has 26 heavy (non-hydrogen) atoms. The monoisotopic (exact) mass is 366 g/mol. The molecule has 1 amide bonds. The van der Waals surface area contributed by atoms with Gasteiger partial charge in [0.2, 0.25) is 0 Å². The van der Waals surface area contributed by atoms with Crippen molar-refractivity contribution in [3.63, 3.8) is 0 Å². The van der Waals surface area contributed by atoms with Crippen LogP contribution < -0.4 is 11.1 Å². The molecule has 8 nitrogen and oxygen atoms in total. The fraction of sp³-hybridized carbons (Fsp3) is 0.500. The van der Waals surface area contributed by atoms with Gasteiger partial charge in [-0.25, -0.2) is 9.59 Å². The number of amides is 1. The van der Waals surface area contributed by atoms with Crippen molar-refractivity contribution < 1.29 is 28.6 Å². The van der Waals surface area contributed by atoms with Crippen molar-refractivity contribution in [2.24, 2.45) is 11.7 Å². The smallest absolute Gasteiger partial charge is 0.408 e. The molecule has 0 radical (unpaired) electrons. The molecule has 0 aliphatic heterocycles. The van der Waals surface area contributed by atoms with E-state index in [1.165, 1.54) is 14.2 Å². The van der Waals surface area contributed by atoms with Gasteiger partial charge in [-0.15, -0.1) is 0 Å². The number of rotatable bonds is 9. The minimum absolute atomic E-state index is 0.00131. The number of hydrogen-bond acceptors (Lipinski definition) is 7. The topological polar surface area (TPSA) is 117 Å². The third kappa shape index (κ3) is 7.52. The van der Waals surface area contributed by atoms with E-state index in [1.54, 1.807) is 19.1 Å². The molecular weight excluding hydrogens is 340 g/mol. The van der Waals surface area contributed by atoms with Gasteiger partial charge in [0, 0.05) is 6.04 Å². The number of hydrogen-bond donors (Lipinski definition) is 2. The summed E-state index contributed by atoms with van der Waals surface area (Å²) in [6.07, 6.45) is -0.476. The van der Waals surface area contributed by atoms with Crippen molar-refractivity contribution in [1.29, 1.82) is 0 Å². The largest absolute Gasteiger partial charge is 0.469 e. The molecule has 0 spiro atoms. The van der Waals surface area contributed by atoms with Crippen molar-refractivity contribution in [2.45, 2.75) is 38.5 Å². The normalized spacial score (nSPS) is 13.8. The molecule has 1 rings (SSSR count). The molecule has 0 saturated heterocycles. The van der Waals surface area contributed by atoms with E-state index in [0.29, 0.717) is 6.42 Å². The van der Waals surface area contributed by atoms with Crippen LogP contribution in [0.2, 0.25) is 0 Å². The summed E-state index contributed by atoms with van der Waals surface area (Å²) in [4.78, 5) is 35.9. The van der Waals surface area contributed by atoms with Crippen LogP contribution in [0.1, 0.15) is 25.3 Å². The summed E-state index contributed by atoms with van der Waals surface area (Å²) in [7, 11) is 2.45. The molecule has 0 saturated carbocycles. The Morgan fingerprint density at radius 1 is 1.04 bits per heavy atom. The minimum atomic E-state index is -1.05. The fourth-order valence-corrected chi connectivity index (χ4v) is 2.45. The molecule has 1 aromatic carbocycles. The molecule has 0 unspecified atom stereocenters. The first-order valence-corrected chi connectivity index (χ1v) is 8.25. The highest BCUT2D eigenvalue weighted by molar-refractivity contribution is 5.82. The fourth-order valence-electron chi connectivity index (χ4n) is 2.45. The number of esters is 2.